The summed E-state index contributed by atoms with van der Waals surface area (Å²) in [5.41, 5.74) is 0.649. The maximum atomic E-state index is 12.2. The first-order valence-corrected chi connectivity index (χ1v) is 9.93. The van der Waals surface area contributed by atoms with Crippen LogP contribution in [0.25, 0.3) is 0 Å². The summed E-state index contributed by atoms with van der Waals surface area (Å²) in [6, 6.07) is 1.58. The van der Waals surface area contributed by atoms with Crippen LogP contribution in [0, 0.1) is 0 Å². The number of thioether (sulfide) groups is 1. The molecule has 4 nitrogen and oxygen atoms in total. The molecule has 19 heavy (non-hydrogen) atoms. The van der Waals surface area contributed by atoms with E-state index in [1.54, 1.807) is 11.4 Å². The van der Waals surface area contributed by atoms with Crippen LogP contribution in [-0.2, 0) is 16.6 Å². The number of aliphatic hydroxyl groups excluding tert-OH is 1. The summed E-state index contributed by atoms with van der Waals surface area (Å²) in [5.74, 6) is 0. The molecule has 1 heterocycles. The van der Waals surface area contributed by atoms with Gasteiger partial charge < -0.3 is 5.11 Å². The van der Waals surface area contributed by atoms with Crippen LogP contribution in [0.1, 0.15) is 31.2 Å². The van der Waals surface area contributed by atoms with Gasteiger partial charge in [0.2, 0.25) is 10.0 Å². The van der Waals surface area contributed by atoms with Crippen LogP contribution in [0.5, 0.6) is 0 Å². The highest BCUT2D eigenvalue weighted by Gasteiger charge is 2.26. The van der Waals surface area contributed by atoms with Gasteiger partial charge in [-0.25, -0.2) is 13.1 Å². The minimum absolute atomic E-state index is 0.0378. The van der Waals surface area contributed by atoms with Gasteiger partial charge in [0.25, 0.3) is 0 Å². The molecule has 2 N–H and O–H groups in total. The number of rotatable bonds is 5. The van der Waals surface area contributed by atoms with Gasteiger partial charge in [-0.15, -0.1) is 11.3 Å². The van der Waals surface area contributed by atoms with Crippen molar-refractivity contribution in [1.29, 1.82) is 0 Å². The molecule has 0 saturated heterocycles. The Balaban J connectivity index is 2.04. The molecular weight excluding hydrogens is 302 g/mol. The molecule has 1 fully saturated rings. The smallest absolute Gasteiger partial charge is 0.250 e. The van der Waals surface area contributed by atoms with Gasteiger partial charge in [-0.2, -0.15) is 11.8 Å². The predicted octanol–water partition coefficient (Wildman–Crippen LogP) is 2.19. The maximum Gasteiger partial charge on any atom is 0.250 e. The first-order valence-electron chi connectivity index (χ1n) is 6.28. The SMILES string of the molecule is CSC1CCCC(NS(=O)(=O)c2cc(CO)cs2)C1. The van der Waals surface area contributed by atoms with E-state index in [1.165, 1.54) is 6.42 Å². The van der Waals surface area contributed by atoms with E-state index in [0.29, 0.717) is 15.0 Å². The Hall–Kier alpha value is -0.0800. The quantitative estimate of drug-likeness (QED) is 0.872. The van der Waals surface area contributed by atoms with Gasteiger partial charge in [-0.3, -0.25) is 0 Å². The Bertz CT molecular complexity index is 512. The summed E-state index contributed by atoms with van der Waals surface area (Å²) in [6.07, 6.45) is 6.14. The fraction of sp³-hybridized carbons (Fsp3) is 0.667. The van der Waals surface area contributed by atoms with Crippen molar-refractivity contribution in [3.8, 4) is 0 Å². The van der Waals surface area contributed by atoms with Crippen molar-refractivity contribution in [3.63, 3.8) is 0 Å². The molecule has 0 aliphatic heterocycles. The van der Waals surface area contributed by atoms with Crippen molar-refractivity contribution in [2.24, 2.45) is 0 Å². The van der Waals surface area contributed by atoms with E-state index in [-0.39, 0.29) is 12.6 Å². The topological polar surface area (TPSA) is 66.4 Å². The first-order chi connectivity index (χ1) is 9.05. The van der Waals surface area contributed by atoms with Crippen LogP contribution in [-0.4, -0.2) is 31.1 Å². The second-order valence-electron chi connectivity index (χ2n) is 4.77. The van der Waals surface area contributed by atoms with Gasteiger partial charge in [0.1, 0.15) is 4.21 Å². The second kappa shape index (κ2) is 6.58. The van der Waals surface area contributed by atoms with Crippen molar-refractivity contribution < 1.29 is 13.5 Å². The molecule has 0 amide bonds. The Morgan fingerprint density at radius 1 is 1.53 bits per heavy atom. The molecule has 0 spiro atoms. The van der Waals surface area contributed by atoms with E-state index in [0.717, 1.165) is 30.6 Å². The fourth-order valence-corrected chi connectivity index (χ4v) is 5.65. The van der Waals surface area contributed by atoms with Gasteiger partial charge in [0.15, 0.2) is 0 Å². The molecule has 1 aliphatic rings. The average molecular weight is 321 g/mol. The van der Waals surface area contributed by atoms with E-state index in [2.05, 4.69) is 11.0 Å². The zero-order valence-electron chi connectivity index (χ0n) is 10.8. The van der Waals surface area contributed by atoms with E-state index in [1.807, 2.05) is 11.8 Å². The summed E-state index contributed by atoms with van der Waals surface area (Å²) in [7, 11) is -3.43. The predicted molar refractivity (Wildman–Crippen MR) is 80.1 cm³/mol. The molecule has 2 unspecified atom stereocenters. The van der Waals surface area contributed by atoms with Crippen molar-refractivity contribution in [3.05, 3.63) is 17.0 Å². The normalized spacial score (nSPS) is 24.5. The Kier molecular flexibility index (Phi) is 5.30. The standard InChI is InChI=1S/C12H19NO3S3/c1-17-11-4-2-3-10(6-11)13-19(15,16)12-5-9(7-14)8-18-12/h5,8,10-11,13-14H,2-4,6-7H2,1H3. The fourth-order valence-electron chi connectivity index (χ4n) is 2.32. The number of sulfonamides is 1. The molecule has 7 heteroatoms. The third kappa shape index (κ3) is 3.95. The monoisotopic (exact) mass is 321 g/mol. The van der Waals surface area contributed by atoms with Crippen LogP contribution >= 0.6 is 23.1 Å². The summed E-state index contributed by atoms with van der Waals surface area (Å²) in [4.78, 5) is 0. The van der Waals surface area contributed by atoms with E-state index < -0.39 is 10.0 Å². The lowest BCUT2D eigenvalue weighted by molar-refractivity contribution is 0.282. The average Bonchev–Trinajstić information content (AvgIpc) is 2.88. The lowest BCUT2D eigenvalue weighted by Crippen LogP contribution is -2.38. The molecule has 1 aliphatic carbocycles. The van der Waals surface area contributed by atoms with Gasteiger partial charge in [0, 0.05) is 11.3 Å². The number of thiophene rings is 1. The molecular formula is C12H19NO3S3. The Morgan fingerprint density at radius 2 is 2.32 bits per heavy atom. The highest BCUT2D eigenvalue weighted by molar-refractivity contribution is 7.99. The largest absolute Gasteiger partial charge is 0.392 e. The van der Waals surface area contributed by atoms with Crippen LogP contribution in [0.15, 0.2) is 15.7 Å². The van der Waals surface area contributed by atoms with Crippen LogP contribution in [0.3, 0.4) is 0 Å². The lowest BCUT2D eigenvalue weighted by Gasteiger charge is -2.28. The van der Waals surface area contributed by atoms with Crippen molar-refractivity contribution in [2.75, 3.05) is 6.26 Å². The van der Waals surface area contributed by atoms with Gasteiger partial charge >= 0.3 is 0 Å². The maximum absolute atomic E-state index is 12.2. The summed E-state index contributed by atoms with van der Waals surface area (Å²) in [5, 5.41) is 11.2. The zero-order valence-corrected chi connectivity index (χ0v) is 13.3. The zero-order chi connectivity index (χ0) is 13.9. The molecule has 2 atom stereocenters. The highest BCUT2D eigenvalue weighted by Crippen LogP contribution is 2.28. The van der Waals surface area contributed by atoms with Crippen molar-refractivity contribution in [2.45, 2.75) is 47.8 Å². The molecule has 1 aromatic rings. The third-order valence-electron chi connectivity index (χ3n) is 3.36. The van der Waals surface area contributed by atoms with Gasteiger partial charge in [0.05, 0.1) is 6.61 Å². The first kappa shape index (κ1) is 15.3. The number of hydrogen-bond donors (Lipinski definition) is 2. The minimum atomic E-state index is -3.43. The minimum Gasteiger partial charge on any atom is -0.392 e. The molecule has 0 bridgehead atoms. The lowest BCUT2D eigenvalue weighted by atomic mass is 9.96. The Morgan fingerprint density at radius 3 is 2.95 bits per heavy atom. The molecule has 2 rings (SSSR count). The van der Waals surface area contributed by atoms with E-state index in [9.17, 15) is 8.42 Å². The second-order valence-corrected chi connectivity index (χ2v) is 8.76. The van der Waals surface area contributed by atoms with Crippen molar-refractivity contribution >= 4 is 33.1 Å². The highest BCUT2D eigenvalue weighted by atomic mass is 32.2. The molecule has 108 valence electrons. The number of nitrogens with one attached hydrogen (secondary N) is 1. The molecule has 0 aromatic carbocycles. The van der Waals surface area contributed by atoms with E-state index >= 15 is 0 Å². The summed E-state index contributed by atoms with van der Waals surface area (Å²) in [6.45, 7) is -0.121. The Labute approximate surface area is 122 Å². The number of hydrogen-bond acceptors (Lipinski definition) is 5. The van der Waals surface area contributed by atoms with Gasteiger partial charge in [-0.1, -0.05) is 6.42 Å². The van der Waals surface area contributed by atoms with Crippen molar-refractivity contribution in [1.82, 2.24) is 4.72 Å². The van der Waals surface area contributed by atoms with Crippen LogP contribution in [0.4, 0.5) is 0 Å². The molecule has 1 saturated carbocycles. The summed E-state index contributed by atoms with van der Waals surface area (Å²) < 4.78 is 27.6. The van der Waals surface area contributed by atoms with E-state index in [4.69, 9.17) is 5.11 Å². The molecule has 1 aromatic heterocycles. The van der Waals surface area contributed by atoms with Crippen LogP contribution in [0.2, 0.25) is 0 Å². The van der Waals surface area contributed by atoms with Crippen LogP contribution < -0.4 is 4.72 Å². The summed E-state index contributed by atoms with van der Waals surface area (Å²) >= 11 is 2.97. The van der Waals surface area contributed by atoms with Gasteiger partial charge in [-0.05, 0) is 42.5 Å². The molecule has 0 radical (unpaired) electrons. The third-order valence-corrected chi connectivity index (χ3v) is 7.46. The number of aliphatic hydroxyl groups is 1.